The number of hydrogen-bond donors (Lipinski definition) is 2. The summed E-state index contributed by atoms with van der Waals surface area (Å²) in [6, 6.07) is 7.46. The summed E-state index contributed by atoms with van der Waals surface area (Å²) >= 11 is 1.54. The number of carbonyl (C=O) groups is 2. The summed E-state index contributed by atoms with van der Waals surface area (Å²) in [5.41, 5.74) is 7.23. The fraction of sp³-hybridized carbons (Fsp3) is 0.455. The molecule has 0 saturated heterocycles. The van der Waals surface area contributed by atoms with Gasteiger partial charge in [0.25, 0.3) is 5.91 Å². The topological polar surface area (TPSA) is 76.7 Å². The van der Waals surface area contributed by atoms with E-state index in [0.717, 1.165) is 18.4 Å². The van der Waals surface area contributed by atoms with Crippen molar-refractivity contribution in [2.24, 2.45) is 0 Å². The maximum atomic E-state index is 12.4. The first kappa shape index (κ1) is 21.2. The van der Waals surface area contributed by atoms with E-state index in [9.17, 15) is 9.59 Å². The van der Waals surface area contributed by atoms with Gasteiger partial charge in [-0.05, 0) is 67.5 Å². The highest BCUT2D eigenvalue weighted by molar-refractivity contribution is 7.14. The molecule has 3 rings (SSSR count). The van der Waals surface area contributed by atoms with Crippen LogP contribution in [0.1, 0.15) is 57.8 Å². The molecule has 0 radical (unpaired) electrons. The van der Waals surface area contributed by atoms with Crippen molar-refractivity contribution in [1.82, 2.24) is 10.9 Å². The number of thiophene rings is 1. The summed E-state index contributed by atoms with van der Waals surface area (Å²) in [7, 11) is 3.19. The summed E-state index contributed by atoms with van der Waals surface area (Å²) in [5.74, 6) is 0.911. The zero-order valence-corrected chi connectivity index (χ0v) is 17.8. The Hall–Kier alpha value is -2.54. The van der Waals surface area contributed by atoms with Gasteiger partial charge < -0.3 is 9.47 Å². The lowest BCUT2D eigenvalue weighted by Gasteiger charge is -2.11. The van der Waals surface area contributed by atoms with Crippen LogP contribution in [-0.4, -0.2) is 26.0 Å². The van der Waals surface area contributed by atoms with Crippen LogP contribution in [0.25, 0.3) is 0 Å². The molecule has 1 heterocycles. The molecule has 1 aliphatic carbocycles. The van der Waals surface area contributed by atoms with Crippen LogP contribution in [0.4, 0.5) is 0 Å². The summed E-state index contributed by atoms with van der Waals surface area (Å²) in [6.07, 6.45) is 7.65. The Balaban J connectivity index is 1.52. The number of benzene rings is 1. The molecule has 1 aromatic carbocycles. The van der Waals surface area contributed by atoms with E-state index in [2.05, 4.69) is 10.9 Å². The second-order valence-electron chi connectivity index (χ2n) is 7.15. The number of aryl methyl sites for hydroxylation is 3. The minimum Gasteiger partial charge on any atom is -0.497 e. The number of methoxy groups -OCH3 is 2. The van der Waals surface area contributed by atoms with Crippen LogP contribution in [0.5, 0.6) is 11.5 Å². The predicted octanol–water partition coefficient (Wildman–Crippen LogP) is 3.82. The monoisotopic (exact) mass is 416 g/mol. The minimum absolute atomic E-state index is 0.227. The standard InChI is InChI=1S/C22H28N2O4S/c1-27-17-10-11-18(28-2)15(13-17)9-12-21(25)23-24-22(26)20-14-16-7-5-3-4-6-8-19(16)29-20/h10-11,13-14H,3-9,12H2,1-2H3,(H,23,25)(H,24,26). The van der Waals surface area contributed by atoms with E-state index in [4.69, 9.17) is 9.47 Å². The number of fused-ring (bicyclic) bond motifs is 1. The van der Waals surface area contributed by atoms with Crippen LogP contribution in [0, 0.1) is 0 Å². The molecule has 0 fully saturated rings. The smallest absolute Gasteiger partial charge is 0.279 e. The van der Waals surface area contributed by atoms with Crippen molar-refractivity contribution >= 4 is 23.2 Å². The van der Waals surface area contributed by atoms with Gasteiger partial charge in [0.2, 0.25) is 5.91 Å². The zero-order chi connectivity index (χ0) is 20.6. The molecule has 2 amide bonds. The van der Waals surface area contributed by atoms with Crippen LogP contribution in [-0.2, 0) is 24.1 Å². The lowest BCUT2D eigenvalue weighted by Crippen LogP contribution is -2.41. The van der Waals surface area contributed by atoms with Gasteiger partial charge in [0, 0.05) is 11.3 Å². The summed E-state index contributed by atoms with van der Waals surface area (Å²) in [6.45, 7) is 0. The van der Waals surface area contributed by atoms with E-state index in [1.165, 1.54) is 36.1 Å². The van der Waals surface area contributed by atoms with Gasteiger partial charge in [-0.2, -0.15) is 0 Å². The van der Waals surface area contributed by atoms with Crippen LogP contribution in [0.3, 0.4) is 0 Å². The molecule has 7 heteroatoms. The van der Waals surface area contributed by atoms with Gasteiger partial charge >= 0.3 is 0 Å². The first-order valence-electron chi connectivity index (χ1n) is 10.0. The van der Waals surface area contributed by atoms with E-state index in [1.807, 2.05) is 24.3 Å². The van der Waals surface area contributed by atoms with Crippen molar-refractivity contribution in [3.8, 4) is 11.5 Å². The van der Waals surface area contributed by atoms with E-state index in [1.54, 1.807) is 25.6 Å². The molecule has 1 aromatic heterocycles. The quantitative estimate of drug-likeness (QED) is 0.702. The Morgan fingerprint density at radius 2 is 1.79 bits per heavy atom. The maximum absolute atomic E-state index is 12.4. The fourth-order valence-electron chi connectivity index (χ4n) is 3.53. The van der Waals surface area contributed by atoms with Crippen molar-refractivity contribution < 1.29 is 19.1 Å². The SMILES string of the molecule is COc1ccc(OC)c(CCC(=O)NNC(=O)c2cc3c(s2)CCCCCC3)c1. The molecular formula is C22H28N2O4S. The maximum Gasteiger partial charge on any atom is 0.279 e. The van der Waals surface area contributed by atoms with E-state index in [-0.39, 0.29) is 18.2 Å². The molecule has 6 nitrogen and oxygen atoms in total. The highest BCUT2D eigenvalue weighted by Crippen LogP contribution is 2.28. The van der Waals surface area contributed by atoms with Gasteiger partial charge in [-0.3, -0.25) is 20.4 Å². The van der Waals surface area contributed by atoms with Crippen molar-refractivity contribution in [1.29, 1.82) is 0 Å². The molecule has 0 atom stereocenters. The molecule has 29 heavy (non-hydrogen) atoms. The van der Waals surface area contributed by atoms with Crippen LogP contribution < -0.4 is 20.3 Å². The van der Waals surface area contributed by atoms with E-state index < -0.39 is 0 Å². The highest BCUT2D eigenvalue weighted by Gasteiger charge is 2.16. The number of hydrazine groups is 1. The molecule has 2 N–H and O–H groups in total. The summed E-state index contributed by atoms with van der Waals surface area (Å²) < 4.78 is 10.6. The average molecular weight is 417 g/mol. The second kappa shape index (κ2) is 10.3. The van der Waals surface area contributed by atoms with E-state index in [0.29, 0.717) is 22.8 Å². The molecule has 0 saturated carbocycles. The average Bonchev–Trinajstić information content (AvgIpc) is 3.12. The van der Waals surface area contributed by atoms with Gasteiger partial charge in [-0.25, -0.2) is 0 Å². The normalized spacial score (nSPS) is 13.6. The number of rotatable bonds is 6. The predicted molar refractivity (Wildman–Crippen MR) is 114 cm³/mol. The van der Waals surface area contributed by atoms with Crippen LogP contribution >= 0.6 is 11.3 Å². The first-order valence-corrected chi connectivity index (χ1v) is 10.8. The third kappa shape index (κ3) is 5.73. The van der Waals surface area contributed by atoms with Crippen molar-refractivity contribution in [2.45, 2.75) is 51.4 Å². The van der Waals surface area contributed by atoms with Gasteiger partial charge in [-0.1, -0.05) is 12.8 Å². The van der Waals surface area contributed by atoms with Gasteiger partial charge in [0.05, 0.1) is 19.1 Å². The van der Waals surface area contributed by atoms with Crippen molar-refractivity contribution in [2.75, 3.05) is 14.2 Å². The Bertz CT molecular complexity index is 837. The first-order chi connectivity index (χ1) is 14.1. The second-order valence-corrected chi connectivity index (χ2v) is 8.29. The Morgan fingerprint density at radius 1 is 1.00 bits per heavy atom. The molecule has 2 aromatic rings. The third-order valence-electron chi connectivity index (χ3n) is 5.14. The van der Waals surface area contributed by atoms with Gasteiger partial charge in [0.1, 0.15) is 11.5 Å². The Labute approximate surface area is 175 Å². The molecule has 0 aliphatic heterocycles. The minimum atomic E-state index is -0.256. The number of nitrogens with one attached hydrogen (secondary N) is 2. The number of ether oxygens (including phenoxy) is 2. The zero-order valence-electron chi connectivity index (χ0n) is 17.0. The van der Waals surface area contributed by atoms with Crippen LogP contribution in [0.2, 0.25) is 0 Å². The number of carbonyl (C=O) groups excluding carboxylic acids is 2. The molecule has 0 spiro atoms. The molecule has 0 bridgehead atoms. The van der Waals surface area contributed by atoms with Gasteiger partial charge in [-0.15, -0.1) is 11.3 Å². The number of hydrogen-bond acceptors (Lipinski definition) is 5. The largest absolute Gasteiger partial charge is 0.497 e. The lowest BCUT2D eigenvalue weighted by molar-refractivity contribution is -0.121. The van der Waals surface area contributed by atoms with E-state index >= 15 is 0 Å². The Kier molecular flexibility index (Phi) is 7.52. The molecule has 156 valence electrons. The third-order valence-corrected chi connectivity index (χ3v) is 6.38. The van der Waals surface area contributed by atoms with Crippen molar-refractivity contribution in [3.05, 3.63) is 45.1 Å². The lowest BCUT2D eigenvalue weighted by atomic mass is 10.00. The molecule has 0 unspecified atom stereocenters. The van der Waals surface area contributed by atoms with Crippen LogP contribution in [0.15, 0.2) is 24.3 Å². The summed E-state index contributed by atoms with van der Waals surface area (Å²) in [5, 5.41) is 0. The molecule has 1 aliphatic rings. The summed E-state index contributed by atoms with van der Waals surface area (Å²) in [4.78, 5) is 26.6. The van der Waals surface area contributed by atoms with Crippen molar-refractivity contribution in [3.63, 3.8) is 0 Å². The highest BCUT2D eigenvalue weighted by atomic mass is 32.1. The number of amides is 2. The Morgan fingerprint density at radius 3 is 2.55 bits per heavy atom. The van der Waals surface area contributed by atoms with Gasteiger partial charge in [0.15, 0.2) is 0 Å². The fourth-order valence-corrected chi connectivity index (χ4v) is 4.68. The molecular weight excluding hydrogens is 388 g/mol.